The fourth-order valence-electron chi connectivity index (χ4n) is 4.16. The van der Waals surface area contributed by atoms with Crippen LogP contribution in [0.15, 0.2) is 30.5 Å². The molecule has 0 saturated carbocycles. The highest BCUT2D eigenvalue weighted by Gasteiger charge is 2.23. The van der Waals surface area contributed by atoms with Crippen LogP contribution in [0.2, 0.25) is 0 Å². The zero-order valence-electron chi connectivity index (χ0n) is 15.5. The van der Waals surface area contributed by atoms with E-state index in [1.807, 2.05) is 12.3 Å². The lowest BCUT2D eigenvalue weighted by molar-refractivity contribution is 0.473. The molecule has 5 rings (SSSR count). The number of nitrogens with zero attached hydrogens (tertiary/aromatic N) is 3. The highest BCUT2D eigenvalue weighted by Crippen LogP contribution is 2.39. The topological polar surface area (TPSA) is 79.5 Å². The van der Waals surface area contributed by atoms with Crippen molar-refractivity contribution in [3.8, 4) is 11.5 Å². The zero-order valence-corrected chi connectivity index (χ0v) is 15.5. The predicted octanol–water partition coefficient (Wildman–Crippen LogP) is 4.17. The molecule has 0 spiro atoms. The molecule has 0 bridgehead atoms. The van der Waals surface area contributed by atoms with E-state index < -0.39 is 0 Å². The van der Waals surface area contributed by atoms with Gasteiger partial charge in [0.2, 0.25) is 0 Å². The van der Waals surface area contributed by atoms with E-state index in [9.17, 15) is 0 Å². The monoisotopic (exact) mass is 359 g/mol. The number of aryl methyl sites for hydroxylation is 2. The number of fused-ring (bicyclic) bond motifs is 2. The Kier molecular flexibility index (Phi) is 3.70. The lowest BCUT2D eigenvalue weighted by atomic mass is 9.96. The molecule has 27 heavy (non-hydrogen) atoms. The molecule has 136 valence electrons. The summed E-state index contributed by atoms with van der Waals surface area (Å²) in [4.78, 5) is 3.29. The molecular weight excluding hydrogens is 338 g/mol. The summed E-state index contributed by atoms with van der Waals surface area (Å²) in [6.07, 6.45) is 6.06. The van der Waals surface area contributed by atoms with Crippen LogP contribution in [-0.2, 0) is 19.3 Å². The van der Waals surface area contributed by atoms with Gasteiger partial charge in [-0.05, 0) is 89.6 Å². The van der Waals surface area contributed by atoms with Gasteiger partial charge in [0.25, 0.3) is 0 Å². The third-order valence-corrected chi connectivity index (χ3v) is 5.46. The molecule has 0 fully saturated rings. The first-order valence-electron chi connectivity index (χ1n) is 9.31. The Morgan fingerprint density at radius 2 is 1.96 bits per heavy atom. The number of aromatic nitrogens is 5. The molecule has 0 unspecified atom stereocenters. The largest absolute Gasteiger partial charge is 0.457 e. The van der Waals surface area contributed by atoms with Crippen LogP contribution < -0.4 is 4.74 Å². The van der Waals surface area contributed by atoms with Crippen molar-refractivity contribution in [3.63, 3.8) is 0 Å². The number of tetrazole rings is 1. The van der Waals surface area contributed by atoms with Crippen molar-refractivity contribution in [2.45, 2.75) is 39.5 Å². The van der Waals surface area contributed by atoms with Crippen molar-refractivity contribution in [2.75, 3.05) is 0 Å². The maximum absolute atomic E-state index is 6.41. The third-order valence-electron chi connectivity index (χ3n) is 5.46. The molecule has 0 saturated heterocycles. The molecule has 0 aliphatic heterocycles. The van der Waals surface area contributed by atoms with E-state index in [1.165, 1.54) is 27.6 Å². The standard InChI is InChI=1S/C21H21N5O/c1-12-8-14(9-20-23-25-26-24-20)16-4-3-5-17(16)21(12)27-15-6-7-19-18(10-15)13(2)11-22-19/h6-8,10-11,22H,3-5,9H2,1-2H3,(H,23,24,25,26). The highest BCUT2D eigenvalue weighted by atomic mass is 16.5. The van der Waals surface area contributed by atoms with Gasteiger partial charge in [-0.2, -0.15) is 0 Å². The molecule has 0 radical (unpaired) electrons. The second-order valence-corrected chi connectivity index (χ2v) is 7.30. The minimum atomic E-state index is 0.727. The fourth-order valence-corrected chi connectivity index (χ4v) is 4.16. The first kappa shape index (κ1) is 16.1. The molecule has 6 heteroatoms. The van der Waals surface area contributed by atoms with Gasteiger partial charge in [0.1, 0.15) is 11.5 Å². The average Bonchev–Trinajstić information content (AvgIpc) is 3.40. The summed E-state index contributed by atoms with van der Waals surface area (Å²) >= 11 is 0. The summed E-state index contributed by atoms with van der Waals surface area (Å²) in [6, 6.07) is 8.46. The van der Waals surface area contributed by atoms with Crippen LogP contribution >= 0.6 is 0 Å². The van der Waals surface area contributed by atoms with Gasteiger partial charge in [-0.15, -0.1) is 5.10 Å². The fraction of sp³-hybridized carbons (Fsp3) is 0.286. The average molecular weight is 359 g/mol. The molecule has 1 aliphatic carbocycles. The highest BCUT2D eigenvalue weighted by molar-refractivity contribution is 5.84. The van der Waals surface area contributed by atoms with Crippen LogP contribution in [0.1, 0.15) is 40.1 Å². The number of H-pyrrole nitrogens is 2. The Balaban J connectivity index is 1.54. The SMILES string of the molecule is Cc1cc(Cc2nnn[nH]2)c2c(c1Oc1ccc3[nH]cc(C)c3c1)CCC2. The van der Waals surface area contributed by atoms with Crippen molar-refractivity contribution < 1.29 is 4.74 Å². The van der Waals surface area contributed by atoms with Crippen molar-refractivity contribution >= 4 is 10.9 Å². The molecule has 1 aliphatic rings. The normalized spacial score (nSPS) is 13.3. The first-order chi connectivity index (χ1) is 13.2. The van der Waals surface area contributed by atoms with Crippen molar-refractivity contribution in [1.29, 1.82) is 0 Å². The maximum Gasteiger partial charge on any atom is 0.152 e. The molecule has 0 atom stereocenters. The van der Waals surface area contributed by atoms with E-state index in [2.05, 4.69) is 57.7 Å². The Bertz CT molecular complexity index is 1130. The van der Waals surface area contributed by atoms with Gasteiger partial charge in [0.15, 0.2) is 5.82 Å². The lowest BCUT2D eigenvalue weighted by Crippen LogP contribution is -2.01. The summed E-state index contributed by atoms with van der Waals surface area (Å²) in [7, 11) is 0. The van der Waals surface area contributed by atoms with Gasteiger partial charge in [-0.25, -0.2) is 5.10 Å². The second-order valence-electron chi connectivity index (χ2n) is 7.30. The summed E-state index contributed by atoms with van der Waals surface area (Å²) in [5.41, 5.74) is 7.55. The predicted molar refractivity (Wildman–Crippen MR) is 103 cm³/mol. The molecule has 0 amide bonds. The smallest absolute Gasteiger partial charge is 0.152 e. The van der Waals surface area contributed by atoms with Crippen molar-refractivity contribution in [2.24, 2.45) is 0 Å². The van der Waals surface area contributed by atoms with Gasteiger partial charge in [0.05, 0.1) is 0 Å². The Hall–Kier alpha value is -3.15. The third kappa shape index (κ3) is 2.77. The number of aromatic amines is 2. The second kappa shape index (κ2) is 6.23. The number of nitrogens with one attached hydrogen (secondary N) is 2. The van der Waals surface area contributed by atoms with E-state index in [0.29, 0.717) is 0 Å². The summed E-state index contributed by atoms with van der Waals surface area (Å²) in [5, 5.41) is 15.5. The number of benzene rings is 2. The minimum Gasteiger partial charge on any atom is -0.457 e. The van der Waals surface area contributed by atoms with Gasteiger partial charge >= 0.3 is 0 Å². The number of hydrogen-bond acceptors (Lipinski definition) is 4. The van der Waals surface area contributed by atoms with Crippen molar-refractivity contribution in [1.82, 2.24) is 25.6 Å². The molecule has 2 aromatic heterocycles. The van der Waals surface area contributed by atoms with Gasteiger partial charge in [-0.3, -0.25) is 0 Å². The molecule has 2 heterocycles. The van der Waals surface area contributed by atoms with Crippen LogP contribution in [0.5, 0.6) is 11.5 Å². The molecular formula is C21H21N5O. The molecule has 4 aromatic rings. The van der Waals surface area contributed by atoms with Gasteiger partial charge < -0.3 is 9.72 Å². The van der Waals surface area contributed by atoms with Crippen LogP contribution in [0.4, 0.5) is 0 Å². The summed E-state index contributed by atoms with van der Waals surface area (Å²) < 4.78 is 6.41. The van der Waals surface area contributed by atoms with E-state index in [1.54, 1.807) is 0 Å². The Labute approximate surface area is 157 Å². The van der Waals surface area contributed by atoms with E-state index in [0.717, 1.165) is 54.1 Å². The Morgan fingerprint density at radius 3 is 2.81 bits per heavy atom. The summed E-state index contributed by atoms with van der Waals surface area (Å²) in [5.74, 6) is 2.69. The number of ether oxygens (including phenoxy) is 1. The number of rotatable bonds is 4. The quantitative estimate of drug-likeness (QED) is 0.573. The van der Waals surface area contributed by atoms with E-state index in [4.69, 9.17) is 4.74 Å². The van der Waals surface area contributed by atoms with E-state index >= 15 is 0 Å². The Morgan fingerprint density at radius 1 is 1.07 bits per heavy atom. The van der Waals surface area contributed by atoms with Crippen LogP contribution in [-0.4, -0.2) is 25.6 Å². The lowest BCUT2D eigenvalue weighted by Gasteiger charge is -2.17. The van der Waals surface area contributed by atoms with Crippen LogP contribution in [0.3, 0.4) is 0 Å². The number of hydrogen-bond donors (Lipinski definition) is 2. The molecule has 2 aromatic carbocycles. The van der Waals surface area contributed by atoms with Gasteiger partial charge in [-0.1, -0.05) is 6.07 Å². The van der Waals surface area contributed by atoms with Crippen molar-refractivity contribution in [3.05, 3.63) is 64.1 Å². The van der Waals surface area contributed by atoms with Crippen LogP contribution in [0, 0.1) is 13.8 Å². The minimum absolute atomic E-state index is 0.727. The molecule has 2 N–H and O–H groups in total. The van der Waals surface area contributed by atoms with E-state index in [-0.39, 0.29) is 0 Å². The first-order valence-corrected chi connectivity index (χ1v) is 9.31. The van der Waals surface area contributed by atoms with Crippen LogP contribution in [0.25, 0.3) is 10.9 Å². The maximum atomic E-state index is 6.41. The van der Waals surface area contributed by atoms with Gasteiger partial charge in [0, 0.05) is 23.5 Å². The zero-order chi connectivity index (χ0) is 18.4. The summed E-state index contributed by atoms with van der Waals surface area (Å²) in [6.45, 7) is 4.23. The molecule has 6 nitrogen and oxygen atoms in total.